The van der Waals surface area contributed by atoms with Gasteiger partial charge in [0.1, 0.15) is 0 Å². The minimum atomic E-state index is -0.146. The van der Waals surface area contributed by atoms with E-state index in [9.17, 15) is 0 Å². The van der Waals surface area contributed by atoms with Crippen LogP contribution < -0.4 is 0 Å². The quantitative estimate of drug-likeness (QED) is 0.559. The van der Waals surface area contributed by atoms with Crippen LogP contribution in [0.25, 0.3) is 0 Å². The zero-order valence-corrected chi connectivity index (χ0v) is 7.14. The molecule has 0 N–H and O–H groups in total. The van der Waals surface area contributed by atoms with Crippen molar-refractivity contribution in [1.29, 1.82) is 0 Å². The van der Waals surface area contributed by atoms with Gasteiger partial charge in [-0.25, -0.2) is 0 Å². The lowest BCUT2D eigenvalue weighted by atomic mass is 9.86. The maximum Gasteiger partial charge on any atom is 0.168 e. The molecule has 1 spiro atoms. The first-order chi connectivity index (χ1) is 5.31. The molecule has 1 saturated heterocycles. The van der Waals surface area contributed by atoms with Crippen LogP contribution in [0.1, 0.15) is 40.0 Å². The fraction of sp³-hybridized carbons (Fsp3) is 1.00. The molecule has 2 heteroatoms. The van der Waals surface area contributed by atoms with Crippen LogP contribution >= 0.6 is 0 Å². The number of hydrogen-bond donors (Lipinski definition) is 0. The zero-order valence-electron chi connectivity index (χ0n) is 7.14. The Balaban J connectivity index is 0.000000720. The molecule has 0 atom stereocenters. The molecule has 2 fully saturated rings. The van der Waals surface area contributed by atoms with E-state index in [0.717, 1.165) is 32.0 Å². The molecule has 0 amide bonds. The summed E-state index contributed by atoms with van der Waals surface area (Å²) in [6.07, 6.45) is 4.74. The predicted octanol–water partition coefficient (Wildman–Crippen LogP) is 2.58. The van der Waals surface area contributed by atoms with Crippen molar-refractivity contribution in [2.75, 3.05) is 13.2 Å². The Hall–Kier alpha value is -0.0800. The van der Waals surface area contributed by atoms with E-state index in [-0.39, 0.29) is 13.2 Å². The fourth-order valence-corrected chi connectivity index (χ4v) is 1.99. The molecule has 72 valence electrons. The third kappa shape index (κ3) is 1.80. The van der Waals surface area contributed by atoms with E-state index < -0.39 is 0 Å². The van der Waals surface area contributed by atoms with Crippen LogP contribution in [0, 0.1) is 5.92 Å². The van der Waals surface area contributed by atoms with Crippen LogP contribution in [0.15, 0.2) is 0 Å². The minimum Gasteiger partial charge on any atom is -0.348 e. The second-order valence-electron chi connectivity index (χ2n) is 3.79. The zero-order chi connectivity index (χ0) is 7.73. The Morgan fingerprint density at radius 1 is 1.08 bits per heavy atom. The summed E-state index contributed by atoms with van der Waals surface area (Å²) in [5.41, 5.74) is 0. The van der Waals surface area contributed by atoms with Crippen LogP contribution in [-0.2, 0) is 9.47 Å². The average molecular weight is 172 g/mol. The Kier molecular flexibility index (Phi) is 3.13. The highest BCUT2D eigenvalue weighted by Gasteiger charge is 2.39. The Labute approximate surface area is 75.2 Å². The van der Waals surface area contributed by atoms with E-state index >= 15 is 0 Å². The lowest BCUT2D eigenvalue weighted by molar-refractivity contribution is -0.181. The van der Waals surface area contributed by atoms with Crippen molar-refractivity contribution in [1.82, 2.24) is 0 Å². The van der Waals surface area contributed by atoms with Crippen LogP contribution in [0.2, 0.25) is 0 Å². The van der Waals surface area contributed by atoms with Crippen LogP contribution in [0.3, 0.4) is 0 Å². The summed E-state index contributed by atoms with van der Waals surface area (Å²) >= 11 is 0. The van der Waals surface area contributed by atoms with Crippen LogP contribution in [0.5, 0.6) is 0 Å². The molecule has 12 heavy (non-hydrogen) atoms. The van der Waals surface area contributed by atoms with Crippen molar-refractivity contribution in [2.45, 2.75) is 45.8 Å². The van der Waals surface area contributed by atoms with Crippen molar-refractivity contribution >= 4 is 0 Å². The molecule has 1 heterocycles. The van der Waals surface area contributed by atoms with Crippen molar-refractivity contribution in [3.05, 3.63) is 0 Å². The van der Waals surface area contributed by atoms with Gasteiger partial charge in [0.05, 0.1) is 13.2 Å². The van der Waals surface area contributed by atoms with Gasteiger partial charge in [-0.3, -0.25) is 0 Å². The summed E-state index contributed by atoms with van der Waals surface area (Å²) in [6.45, 7) is 3.91. The lowest BCUT2D eigenvalue weighted by Crippen LogP contribution is -2.34. The highest BCUT2D eigenvalue weighted by atomic mass is 16.7. The summed E-state index contributed by atoms with van der Waals surface area (Å²) in [6, 6.07) is 0. The molecule has 1 aliphatic carbocycles. The van der Waals surface area contributed by atoms with Crippen molar-refractivity contribution in [2.24, 2.45) is 5.92 Å². The SMILES string of the molecule is C.CC1CCC2(CC1)OCCO2. The van der Waals surface area contributed by atoms with Gasteiger partial charge in [0.25, 0.3) is 0 Å². The van der Waals surface area contributed by atoms with Crippen LogP contribution in [0.4, 0.5) is 0 Å². The van der Waals surface area contributed by atoms with E-state index in [1.54, 1.807) is 0 Å². The Morgan fingerprint density at radius 2 is 1.58 bits per heavy atom. The number of hydrogen-bond acceptors (Lipinski definition) is 2. The van der Waals surface area contributed by atoms with Gasteiger partial charge in [-0.1, -0.05) is 14.4 Å². The van der Waals surface area contributed by atoms with Crippen molar-refractivity contribution in [3.63, 3.8) is 0 Å². The summed E-state index contributed by atoms with van der Waals surface area (Å²) in [5.74, 6) is 0.723. The van der Waals surface area contributed by atoms with Gasteiger partial charge in [-0.15, -0.1) is 0 Å². The molecule has 0 bridgehead atoms. The third-order valence-electron chi connectivity index (χ3n) is 2.85. The molecule has 1 saturated carbocycles. The monoisotopic (exact) mass is 172 g/mol. The standard InChI is InChI=1S/C9H16O2.CH4/c1-8-2-4-9(5-3-8)10-6-7-11-9;/h8H,2-7H2,1H3;1H4. The van der Waals surface area contributed by atoms with Gasteiger partial charge in [-0.2, -0.15) is 0 Å². The van der Waals surface area contributed by atoms with Crippen molar-refractivity contribution < 1.29 is 9.47 Å². The van der Waals surface area contributed by atoms with E-state index in [4.69, 9.17) is 9.47 Å². The van der Waals surface area contributed by atoms with Gasteiger partial charge < -0.3 is 9.47 Å². The molecule has 2 nitrogen and oxygen atoms in total. The minimum absolute atomic E-state index is 0. The highest BCUT2D eigenvalue weighted by molar-refractivity contribution is 4.80. The first-order valence-corrected chi connectivity index (χ1v) is 4.59. The van der Waals surface area contributed by atoms with Crippen LogP contribution in [-0.4, -0.2) is 19.0 Å². The third-order valence-corrected chi connectivity index (χ3v) is 2.85. The molecule has 0 aromatic carbocycles. The summed E-state index contributed by atoms with van der Waals surface area (Å²) in [4.78, 5) is 0. The second-order valence-corrected chi connectivity index (χ2v) is 3.79. The van der Waals surface area contributed by atoms with Gasteiger partial charge in [0.15, 0.2) is 5.79 Å². The molecule has 0 unspecified atom stereocenters. The molecule has 0 aromatic heterocycles. The molecule has 1 aliphatic heterocycles. The van der Waals surface area contributed by atoms with Gasteiger partial charge in [0.2, 0.25) is 0 Å². The number of ether oxygens (including phenoxy) is 2. The maximum atomic E-state index is 5.61. The number of rotatable bonds is 0. The van der Waals surface area contributed by atoms with E-state index in [1.165, 1.54) is 12.8 Å². The molecule has 0 radical (unpaired) electrons. The normalized spacial score (nSPS) is 28.8. The first-order valence-electron chi connectivity index (χ1n) is 4.59. The van der Waals surface area contributed by atoms with E-state index in [2.05, 4.69) is 6.92 Å². The first kappa shape index (κ1) is 10.0. The fourth-order valence-electron chi connectivity index (χ4n) is 1.99. The van der Waals surface area contributed by atoms with Crippen molar-refractivity contribution in [3.8, 4) is 0 Å². The van der Waals surface area contributed by atoms with Gasteiger partial charge in [0, 0.05) is 12.8 Å². The average Bonchev–Trinajstić information content (AvgIpc) is 2.45. The summed E-state index contributed by atoms with van der Waals surface area (Å²) < 4.78 is 11.2. The molecule has 0 aromatic rings. The highest BCUT2D eigenvalue weighted by Crippen LogP contribution is 2.37. The second kappa shape index (κ2) is 3.75. The molecule has 2 aliphatic rings. The molecular formula is C10H20O2. The predicted molar refractivity (Wildman–Crippen MR) is 49.0 cm³/mol. The summed E-state index contributed by atoms with van der Waals surface area (Å²) in [7, 11) is 0. The molecular weight excluding hydrogens is 152 g/mol. The van der Waals surface area contributed by atoms with E-state index in [0.29, 0.717) is 0 Å². The summed E-state index contributed by atoms with van der Waals surface area (Å²) in [5, 5.41) is 0. The smallest absolute Gasteiger partial charge is 0.168 e. The van der Waals surface area contributed by atoms with Gasteiger partial charge in [-0.05, 0) is 18.8 Å². The van der Waals surface area contributed by atoms with Gasteiger partial charge >= 0.3 is 0 Å². The Bertz CT molecular complexity index is 129. The maximum absolute atomic E-state index is 5.61. The lowest BCUT2D eigenvalue weighted by Gasteiger charge is -2.33. The topological polar surface area (TPSA) is 18.5 Å². The van der Waals surface area contributed by atoms with E-state index in [1.807, 2.05) is 0 Å². The Morgan fingerprint density at radius 3 is 2.08 bits per heavy atom. The largest absolute Gasteiger partial charge is 0.348 e. The molecule has 2 rings (SSSR count).